The molecule has 1 aliphatic rings. The Bertz CT molecular complexity index is 1370. The minimum absolute atomic E-state index is 0.168. The summed E-state index contributed by atoms with van der Waals surface area (Å²) in [5.41, 5.74) is -5.05. The summed E-state index contributed by atoms with van der Waals surface area (Å²) in [7, 11) is -4.51. The highest BCUT2D eigenvalue weighted by atomic mass is 32.2. The highest BCUT2D eigenvalue weighted by Gasteiger charge is 2.49. The van der Waals surface area contributed by atoms with Gasteiger partial charge in [0, 0.05) is 42.2 Å². The molecule has 0 saturated heterocycles. The zero-order valence-electron chi connectivity index (χ0n) is 17.1. The fraction of sp³-hybridized carbons (Fsp3) is 0.136. The van der Waals surface area contributed by atoms with Crippen molar-refractivity contribution in [2.24, 2.45) is 0 Å². The van der Waals surface area contributed by atoms with E-state index in [1.807, 2.05) is 0 Å². The van der Waals surface area contributed by atoms with E-state index in [9.17, 15) is 35.2 Å². The molecule has 4 rings (SSSR count). The lowest BCUT2D eigenvalue weighted by atomic mass is 9.84. The van der Waals surface area contributed by atoms with Gasteiger partial charge < -0.3 is 13.8 Å². The molecule has 6 nitrogen and oxygen atoms in total. The van der Waals surface area contributed by atoms with Crippen LogP contribution in [-0.4, -0.2) is 26.9 Å². The van der Waals surface area contributed by atoms with Gasteiger partial charge in [0.15, 0.2) is 0 Å². The maximum atomic E-state index is 13.6. The van der Waals surface area contributed by atoms with E-state index in [0.717, 1.165) is 18.2 Å². The lowest BCUT2D eigenvalue weighted by Crippen LogP contribution is -2.31. The molecular formula is C22H14F5NO5S. The van der Waals surface area contributed by atoms with Gasteiger partial charge in [0.1, 0.15) is 29.1 Å². The molecule has 1 aliphatic heterocycles. The average Bonchev–Trinajstić information content (AvgIpc) is 2.73. The van der Waals surface area contributed by atoms with Crippen LogP contribution >= 0.6 is 0 Å². The molecule has 0 fully saturated rings. The van der Waals surface area contributed by atoms with Crippen molar-refractivity contribution < 1.29 is 44.1 Å². The number of ether oxygens (including phenoxy) is 1. The van der Waals surface area contributed by atoms with Crippen LogP contribution in [0, 0.1) is 11.6 Å². The Labute approximate surface area is 190 Å². The Morgan fingerprint density at radius 1 is 0.941 bits per heavy atom. The molecular weight excluding hydrogens is 485 g/mol. The van der Waals surface area contributed by atoms with E-state index >= 15 is 0 Å². The van der Waals surface area contributed by atoms with Gasteiger partial charge in [-0.15, -0.1) is 0 Å². The Morgan fingerprint density at radius 3 is 2.21 bits per heavy atom. The maximum absolute atomic E-state index is 13.6. The summed E-state index contributed by atoms with van der Waals surface area (Å²) in [6.07, 6.45) is 0. The Balaban J connectivity index is 1.87. The van der Waals surface area contributed by atoms with Crippen molar-refractivity contribution in [2.75, 3.05) is 11.9 Å². The van der Waals surface area contributed by atoms with Gasteiger partial charge in [-0.05, 0) is 23.8 Å². The molecule has 34 heavy (non-hydrogen) atoms. The van der Waals surface area contributed by atoms with Crippen LogP contribution in [0.2, 0.25) is 0 Å². The van der Waals surface area contributed by atoms with Gasteiger partial charge in [-0.25, -0.2) is 8.78 Å². The second kappa shape index (κ2) is 8.28. The molecule has 178 valence electrons. The molecule has 0 N–H and O–H groups in total. The summed E-state index contributed by atoms with van der Waals surface area (Å²) in [5.74, 6) is -5.87. The number of nitrogens with zero attached hydrogens (tertiary/aromatic N) is 1. The maximum Gasteiger partial charge on any atom is 0.534 e. The first-order chi connectivity index (χ1) is 15.9. The fourth-order valence-corrected chi connectivity index (χ4v) is 4.16. The number of fused-ring (bicyclic) bond motifs is 2. The minimum atomic E-state index is -6.07. The molecule has 12 heteroatoms. The number of carbonyl (C=O) groups excluding carboxylic acids is 1. The summed E-state index contributed by atoms with van der Waals surface area (Å²) in [5, 5.41) is 0. The third-order valence-electron chi connectivity index (χ3n) is 5.08. The quantitative estimate of drug-likeness (QED) is 0.165. The molecule has 3 aromatic rings. The first-order valence-corrected chi connectivity index (χ1v) is 10.9. The molecule has 0 saturated carbocycles. The predicted octanol–water partition coefficient (Wildman–Crippen LogP) is 5.01. The van der Waals surface area contributed by atoms with Crippen LogP contribution in [0.15, 0.2) is 60.7 Å². The number of anilines is 2. The topological polar surface area (TPSA) is 72.9 Å². The monoisotopic (exact) mass is 499 g/mol. The van der Waals surface area contributed by atoms with Crippen molar-refractivity contribution in [3.63, 3.8) is 0 Å². The molecule has 0 aromatic heterocycles. The summed E-state index contributed by atoms with van der Waals surface area (Å²) in [4.78, 5) is 14.8. The molecule has 0 radical (unpaired) electrons. The van der Waals surface area contributed by atoms with E-state index in [2.05, 4.69) is 4.18 Å². The van der Waals surface area contributed by atoms with Crippen molar-refractivity contribution in [2.45, 2.75) is 11.4 Å². The second-order valence-electron chi connectivity index (χ2n) is 7.25. The second-order valence-corrected chi connectivity index (χ2v) is 8.79. The molecule has 0 aliphatic carbocycles. The number of halogens is 5. The lowest BCUT2D eigenvalue weighted by Gasteiger charge is -2.35. The number of benzene rings is 3. The van der Waals surface area contributed by atoms with Gasteiger partial charge in [-0.1, -0.05) is 24.3 Å². The highest BCUT2D eigenvalue weighted by Crippen LogP contribution is 2.49. The zero-order chi connectivity index (χ0) is 24.8. The molecule has 0 amide bonds. The van der Waals surface area contributed by atoms with E-state index in [0.29, 0.717) is 11.8 Å². The van der Waals surface area contributed by atoms with Crippen molar-refractivity contribution in [1.29, 1.82) is 0 Å². The van der Waals surface area contributed by atoms with Crippen molar-refractivity contribution in [1.82, 2.24) is 0 Å². The first-order valence-electron chi connectivity index (χ1n) is 9.53. The van der Waals surface area contributed by atoms with E-state index in [4.69, 9.17) is 4.74 Å². The molecule has 1 heterocycles. The van der Waals surface area contributed by atoms with Crippen LogP contribution in [0.4, 0.5) is 33.3 Å². The van der Waals surface area contributed by atoms with Crippen molar-refractivity contribution in [3.05, 3.63) is 83.4 Å². The van der Waals surface area contributed by atoms with Crippen molar-refractivity contribution >= 4 is 27.5 Å². The molecule has 0 bridgehead atoms. The van der Waals surface area contributed by atoms with Gasteiger partial charge >= 0.3 is 21.6 Å². The van der Waals surface area contributed by atoms with Crippen LogP contribution < -0.4 is 13.8 Å². The molecule has 1 unspecified atom stereocenters. The predicted molar refractivity (Wildman–Crippen MR) is 110 cm³/mol. The van der Waals surface area contributed by atoms with E-state index in [-0.39, 0.29) is 16.8 Å². The summed E-state index contributed by atoms with van der Waals surface area (Å²) in [6.45, 7) is 0. The Hall–Kier alpha value is -3.67. The van der Waals surface area contributed by atoms with Gasteiger partial charge in [-0.3, -0.25) is 4.79 Å². The third-order valence-corrected chi connectivity index (χ3v) is 6.04. The first kappa shape index (κ1) is 23.5. The number of alkyl halides is 3. The Kier molecular flexibility index (Phi) is 5.72. The fourth-order valence-electron chi connectivity index (χ4n) is 3.68. The largest absolute Gasteiger partial charge is 0.534 e. The number of carbonyl (C=O) groups is 1. The SMILES string of the molecule is CN1c2ccccc2C(C(=O)Oc2cc(F)cc(F)c2)c2c(OS(=O)(=O)C(F)(F)F)cccc21. The number of esters is 1. The number of para-hydroxylation sites is 1. The zero-order valence-corrected chi connectivity index (χ0v) is 18.0. The summed E-state index contributed by atoms with van der Waals surface area (Å²) in [6, 6.07) is 12.0. The smallest absolute Gasteiger partial charge is 0.426 e. The van der Waals surface area contributed by atoms with E-state index < -0.39 is 50.6 Å². The van der Waals surface area contributed by atoms with E-state index in [1.165, 1.54) is 23.1 Å². The highest BCUT2D eigenvalue weighted by molar-refractivity contribution is 7.88. The van der Waals surface area contributed by atoms with Crippen LogP contribution in [0.3, 0.4) is 0 Å². The van der Waals surface area contributed by atoms with Crippen LogP contribution in [0.25, 0.3) is 0 Å². The van der Waals surface area contributed by atoms with Gasteiger partial charge in [0.05, 0.1) is 0 Å². The number of hydrogen-bond acceptors (Lipinski definition) is 6. The number of hydrogen-bond donors (Lipinski definition) is 0. The Morgan fingerprint density at radius 2 is 1.56 bits per heavy atom. The van der Waals surface area contributed by atoms with Crippen LogP contribution in [0.1, 0.15) is 17.0 Å². The normalized spacial score (nSPS) is 15.4. The average molecular weight is 499 g/mol. The lowest BCUT2D eigenvalue weighted by molar-refractivity contribution is -0.135. The summed E-state index contributed by atoms with van der Waals surface area (Å²) < 4.78 is 99.1. The van der Waals surface area contributed by atoms with Gasteiger partial charge in [0.25, 0.3) is 0 Å². The molecule has 0 spiro atoms. The van der Waals surface area contributed by atoms with Gasteiger partial charge in [0.2, 0.25) is 0 Å². The minimum Gasteiger partial charge on any atom is -0.426 e. The van der Waals surface area contributed by atoms with Crippen LogP contribution in [-0.2, 0) is 14.9 Å². The third kappa shape index (κ3) is 4.16. The number of rotatable bonds is 4. The molecule has 3 aromatic carbocycles. The van der Waals surface area contributed by atoms with Gasteiger partial charge in [-0.2, -0.15) is 21.6 Å². The standard InChI is InChI=1S/C22H14F5NO5S/c1-28-16-6-3-2-5-15(16)19(21(29)32-14-10-12(23)9-13(24)11-14)20-17(28)7-4-8-18(20)33-34(30,31)22(25,26)27/h2-11,19H,1H3. The van der Waals surface area contributed by atoms with Crippen molar-refractivity contribution in [3.8, 4) is 11.5 Å². The summed E-state index contributed by atoms with van der Waals surface area (Å²) >= 11 is 0. The van der Waals surface area contributed by atoms with E-state index in [1.54, 1.807) is 25.2 Å². The molecule has 1 atom stereocenters. The van der Waals surface area contributed by atoms with Crippen LogP contribution in [0.5, 0.6) is 11.5 Å².